The zero-order chi connectivity index (χ0) is 14.6. The maximum absolute atomic E-state index is 4.58. The summed E-state index contributed by atoms with van der Waals surface area (Å²) in [5.41, 5.74) is 0. The van der Waals surface area contributed by atoms with Gasteiger partial charge in [-0.2, -0.15) is 5.10 Å². The summed E-state index contributed by atoms with van der Waals surface area (Å²) < 4.78 is 1.94. The fourth-order valence-corrected chi connectivity index (χ4v) is 1.92. The monoisotopic (exact) mass is 279 g/mol. The van der Waals surface area contributed by atoms with Gasteiger partial charge in [-0.3, -0.25) is 9.67 Å². The Hall–Kier alpha value is -1.52. The van der Waals surface area contributed by atoms with Crippen molar-refractivity contribution in [3.63, 3.8) is 0 Å². The molecule has 0 aliphatic carbocycles. The SMILES string of the molecule is CCNC(=NCCCn1cccn1)NCCCC(C)C. The van der Waals surface area contributed by atoms with Gasteiger partial charge in [0.2, 0.25) is 0 Å². The number of aliphatic imine (C=N–C) groups is 1. The topological polar surface area (TPSA) is 54.2 Å². The van der Waals surface area contributed by atoms with Crippen LogP contribution in [0.5, 0.6) is 0 Å². The molecule has 0 aromatic carbocycles. The minimum absolute atomic E-state index is 0.769. The van der Waals surface area contributed by atoms with Crippen LogP contribution in [-0.4, -0.2) is 35.4 Å². The van der Waals surface area contributed by atoms with Crippen LogP contribution in [0, 0.1) is 5.92 Å². The van der Waals surface area contributed by atoms with Crippen molar-refractivity contribution in [2.75, 3.05) is 19.6 Å². The second-order valence-electron chi connectivity index (χ2n) is 5.35. The number of nitrogens with zero attached hydrogens (tertiary/aromatic N) is 3. The Morgan fingerprint density at radius 2 is 2.15 bits per heavy atom. The molecule has 0 aliphatic heterocycles. The van der Waals surface area contributed by atoms with Crippen LogP contribution in [0.3, 0.4) is 0 Å². The summed E-state index contributed by atoms with van der Waals surface area (Å²) >= 11 is 0. The van der Waals surface area contributed by atoms with E-state index in [1.54, 1.807) is 0 Å². The van der Waals surface area contributed by atoms with Crippen molar-refractivity contribution in [2.24, 2.45) is 10.9 Å². The molecule has 1 heterocycles. The highest BCUT2D eigenvalue weighted by Gasteiger charge is 1.98. The van der Waals surface area contributed by atoms with E-state index in [1.807, 2.05) is 23.1 Å². The lowest BCUT2D eigenvalue weighted by Crippen LogP contribution is -2.38. The Morgan fingerprint density at radius 3 is 2.80 bits per heavy atom. The van der Waals surface area contributed by atoms with Gasteiger partial charge in [0, 0.05) is 38.6 Å². The molecule has 1 aromatic heterocycles. The lowest BCUT2D eigenvalue weighted by atomic mass is 10.1. The number of nitrogens with one attached hydrogen (secondary N) is 2. The van der Waals surface area contributed by atoms with Crippen LogP contribution in [-0.2, 0) is 6.54 Å². The van der Waals surface area contributed by atoms with Crippen molar-refractivity contribution < 1.29 is 0 Å². The minimum Gasteiger partial charge on any atom is -0.357 e. The number of hydrogen-bond acceptors (Lipinski definition) is 2. The van der Waals surface area contributed by atoms with E-state index in [4.69, 9.17) is 0 Å². The minimum atomic E-state index is 0.769. The molecule has 5 nitrogen and oxygen atoms in total. The molecule has 0 amide bonds. The number of hydrogen-bond donors (Lipinski definition) is 2. The molecule has 1 aromatic rings. The number of aromatic nitrogens is 2. The van der Waals surface area contributed by atoms with E-state index < -0.39 is 0 Å². The van der Waals surface area contributed by atoms with Gasteiger partial charge >= 0.3 is 0 Å². The predicted octanol–water partition coefficient (Wildman–Crippen LogP) is 2.26. The van der Waals surface area contributed by atoms with Gasteiger partial charge in [-0.15, -0.1) is 0 Å². The van der Waals surface area contributed by atoms with E-state index in [0.29, 0.717) is 0 Å². The average molecular weight is 279 g/mol. The Morgan fingerprint density at radius 1 is 1.30 bits per heavy atom. The third-order valence-corrected chi connectivity index (χ3v) is 2.97. The van der Waals surface area contributed by atoms with E-state index in [-0.39, 0.29) is 0 Å². The molecule has 1 rings (SSSR count). The lowest BCUT2D eigenvalue weighted by Gasteiger charge is -2.12. The summed E-state index contributed by atoms with van der Waals surface area (Å²) in [6.07, 6.45) is 7.24. The van der Waals surface area contributed by atoms with Crippen molar-refractivity contribution in [3.05, 3.63) is 18.5 Å². The van der Waals surface area contributed by atoms with Gasteiger partial charge in [-0.1, -0.05) is 13.8 Å². The summed E-state index contributed by atoms with van der Waals surface area (Å²) in [5.74, 6) is 1.70. The van der Waals surface area contributed by atoms with E-state index in [9.17, 15) is 0 Å². The zero-order valence-corrected chi connectivity index (χ0v) is 13.1. The first-order valence-corrected chi connectivity index (χ1v) is 7.72. The molecule has 0 radical (unpaired) electrons. The van der Waals surface area contributed by atoms with Gasteiger partial charge in [0.15, 0.2) is 5.96 Å². The fraction of sp³-hybridized carbons (Fsp3) is 0.733. The van der Waals surface area contributed by atoms with Crippen LogP contribution in [0.4, 0.5) is 0 Å². The third-order valence-electron chi connectivity index (χ3n) is 2.97. The molecule has 0 saturated carbocycles. The lowest BCUT2D eigenvalue weighted by molar-refractivity contribution is 0.548. The number of guanidine groups is 1. The van der Waals surface area contributed by atoms with E-state index in [0.717, 1.165) is 44.5 Å². The molecule has 114 valence electrons. The summed E-state index contributed by atoms with van der Waals surface area (Å²) in [6, 6.07) is 1.95. The number of aryl methyl sites for hydroxylation is 1. The predicted molar refractivity (Wildman–Crippen MR) is 84.9 cm³/mol. The second-order valence-corrected chi connectivity index (χ2v) is 5.35. The summed E-state index contributed by atoms with van der Waals surface area (Å²) in [4.78, 5) is 4.58. The van der Waals surface area contributed by atoms with E-state index >= 15 is 0 Å². The number of rotatable bonds is 9. The summed E-state index contributed by atoms with van der Waals surface area (Å²) in [6.45, 7) is 10.2. The maximum atomic E-state index is 4.58. The third kappa shape index (κ3) is 7.81. The van der Waals surface area contributed by atoms with Crippen LogP contribution in [0.25, 0.3) is 0 Å². The molecule has 0 unspecified atom stereocenters. The van der Waals surface area contributed by atoms with Gasteiger partial charge in [-0.25, -0.2) is 0 Å². The average Bonchev–Trinajstić information content (AvgIpc) is 2.92. The first kappa shape index (κ1) is 16.5. The highest BCUT2D eigenvalue weighted by Crippen LogP contribution is 2.01. The summed E-state index contributed by atoms with van der Waals surface area (Å²) in [5, 5.41) is 10.9. The zero-order valence-electron chi connectivity index (χ0n) is 13.1. The Labute approximate surface area is 122 Å². The van der Waals surface area contributed by atoms with Gasteiger partial charge in [-0.05, 0) is 38.2 Å². The summed E-state index contributed by atoms with van der Waals surface area (Å²) in [7, 11) is 0. The molecule has 20 heavy (non-hydrogen) atoms. The second kappa shape index (κ2) is 10.3. The highest BCUT2D eigenvalue weighted by molar-refractivity contribution is 5.79. The van der Waals surface area contributed by atoms with Crippen molar-refractivity contribution >= 4 is 5.96 Å². The molecule has 0 atom stereocenters. The molecule has 0 fully saturated rings. The molecular formula is C15H29N5. The molecule has 0 spiro atoms. The standard InChI is InChI=1S/C15H29N5/c1-4-16-15(17-9-5-8-14(2)3)18-10-6-12-20-13-7-11-19-20/h7,11,13-14H,4-6,8-10,12H2,1-3H3,(H2,16,17,18). The Kier molecular flexibility index (Phi) is 8.51. The fourth-order valence-electron chi connectivity index (χ4n) is 1.92. The molecule has 5 heteroatoms. The van der Waals surface area contributed by atoms with Crippen LogP contribution < -0.4 is 10.6 Å². The van der Waals surface area contributed by atoms with Gasteiger partial charge in [0.1, 0.15) is 0 Å². The smallest absolute Gasteiger partial charge is 0.191 e. The molecule has 0 bridgehead atoms. The van der Waals surface area contributed by atoms with Crippen molar-refractivity contribution in [1.82, 2.24) is 20.4 Å². The van der Waals surface area contributed by atoms with Gasteiger partial charge in [0.25, 0.3) is 0 Å². The Bertz CT molecular complexity index is 356. The van der Waals surface area contributed by atoms with Crippen LogP contribution in [0.15, 0.2) is 23.5 Å². The molecule has 2 N–H and O–H groups in total. The quantitative estimate of drug-likeness (QED) is 0.414. The largest absolute Gasteiger partial charge is 0.357 e. The van der Waals surface area contributed by atoms with Crippen LogP contribution in [0.1, 0.15) is 40.0 Å². The molecular weight excluding hydrogens is 250 g/mol. The first-order valence-electron chi connectivity index (χ1n) is 7.72. The first-order chi connectivity index (χ1) is 9.72. The van der Waals surface area contributed by atoms with Crippen molar-refractivity contribution in [2.45, 2.75) is 46.6 Å². The van der Waals surface area contributed by atoms with E-state index in [2.05, 4.69) is 41.5 Å². The van der Waals surface area contributed by atoms with Crippen molar-refractivity contribution in [3.8, 4) is 0 Å². The van der Waals surface area contributed by atoms with Crippen molar-refractivity contribution in [1.29, 1.82) is 0 Å². The normalized spacial score (nSPS) is 11.9. The molecule has 0 saturated heterocycles. The van der Waals surface area contributed by atoms with Crippen LogP contribution in [0.2, 0.25) is 0 Å². The Balaban J connectivity index is 2.20. The molecule has 0 aliphatic rings. The van der Waals surface area contributed by atoms with Gasteiger partial charge < -0.3 is 10.6 Å². The maximum Gasteiger partial charge on any atom is 0.191 e. The van der Waals surface area contributed by atoms with Gasteiger partial charge in [0.05, 0.1) is 0 Å². The van der Waals surface area contributed by atoms with E-state index in [1.165, 1.54) is 12.8 Å². The van der Waals surface area contributed by atoms with Crippen LogP contribution >= 0.6 is 0 Å². The highest BCUT2D eigenvalue weighted by atomic mass is 15.3.